The molecule has 0 spiro atoms. The van der Waals surface area contributed by atoms with Crippen LogP contribution in [-0.2, 0) is 21.1 Å². The Hall–Kier alpha value is -3.75. The van der Waals surface area contributed by atoms with Crippen molar-refractivity contribution in [1.82, 2.24) is 14.5 Å². The van der Waals surface area contributed by atoms with Crippen molar-refractivity contribution in [2.24, 2.45) is 0 Å². The minimum Gasteiger partial charge on any atom is -0.460 e. The third-order valence-corrected chi connectivity index (χ3v) is 5.26. The van der Waals surface area contributed by atoms with Crippen LogP contribution in [0.25, 0.3) is 38.8 Å². The molecule has 4 nitrogen and oxygen atoms in total. The van der Waals surface area contributed by atoms with Gasteiger partial charge in [0.1, 0.15) is 5.82 Å². The van der Waals surface area contributed by atoms with E-state index >= 15 is 0 Å². The molecule has 6 aromatic rings. The molecule has 0 N–H and O–H groups in total. The molecule has 160 valence electrons. The number of aromatic nitrogens is 3. The number of ether oxygens (including phenoxy) is 1. The molecule has 0 bridgehead atoms. The van der Waals surface area contributed by atoms with Gasteiger partial charge in [0.2, 0.25) is 5.88 Å². The molecule has 0 atom stereocenters. The normalized spacial score (nSPS) is 11.6. The Labute approximate surface area is 208 Å². The summed E-state index contributed by atoms with van der Waals surface area (Å²) in [6, 6.07) is 32.0. The maximum absolute atomic E-state index is 8.06. The molecule has 0 saturated carbocycles. The molecular weight excluding hydrogens is 589 g/mol. The van der Waals surface area contributed by atoms with Gasteiger partial charge in [-0.1, -0.05) is 35.7 Å². The number of benzene rings is 3. The number of hydrogen-bond donors (Lipinski definition) is 0. The average molecular weight is 609 g/mol. The van der Waals surface area contributed by atoms with Gasteiger partial charge in [0.15, 0.2) is 0 Å². The van der Waals surface area contributed by atoms with E-state index in [4.69, 9.17) is 7.48 Å². The summed E-state index contributed by atoms with van der Waals surface area (Å²) >= 11 is 0. The van der Waals surface area contributed by atoms with Crippen LogP contribution < -0.4 is 4.74 Å². The second kappa shape index (κ2) is 9.01. The summed E-state index contributed by atoms with van der Waals surface area (Å²) < 4.78 is 23.7. The van der Waals surface area contributed by atoms with Crippen molar-refractivity contribution in [1.29, 1.82) is 0 Å². The topological polar surface area (TPSA) is 39.9 Å². The molecule has 0 amide bonds. The van der Waals surface area contributed by atoms with Crippen molar-refractivity contribution >= 4 is 21.8 Å². The maximum Gasteiger partial charge on any atom is 2.00 e. The Bertz CT molecular complexity index is 1680. The third kappa shape index (κ3) is 3.94. The standard InChI is InChI=1S/C28H17N3O.Pt/c1-2-11-25-23(10-1)24-15-14-21(19-26(24)31(25)27-12-3-5-16-29-27)20-8-7-9-22(18-20)32-28-13-4-6-17-30-28;/h1-17H;/q-2;+2/i3D,4D;. The van der Waals surface area contributed by atoms with Crippen LogP contribution in [0.15, 0.2) is 103 Å². The molecule has 5 heteroatoms. The predicted octanol–water partition coefficient (Wildman–Crippen LogP) is 6.63. The van der Waals surface area contributed by atoms with Crippen LogP contribution in [0.3, 0.4) is 0 Å². The van der Waals surface area contributed by atoms with Crippen LogP contribution >= 0.6 is 0 Å². The van der Waals surface area contributed by atoms with Crippen LogP contribution in [0.5, 0.6) is 11.6 Å². The van der Waals surface area contributed by atoms with E-state index in [1.54, 1.807) is 42.7 Å². The van der Waals surface area contributed by atoms with E-state index in [1.165, 1.54) is 0 Å². The summed E-state index contributed by atoms with van der Waals surface area (Å²) in [7, 11) is 0. The van der Waals surface area contributed by atoms with Gasteiger partial charge >= 0.3 is 21.1 Å². The van der Waals surface area contributed by atoms with E-state index in [9.17, 15) is 0 Å². The van der Waals surface area contributed by atoms with Crippen LogP contribution in [0.4, 0.5) is 0 Å². The minimum atomic E-state index is 0. The van der Waals surface area contributed by atoms with Gasteiger partial charge in [0, 0.05) is 29.7 Å². The molecule has 0 radical (unpaired) electrons. The first-order valence-corrected chi connectivity index (χ1v) is 10.2. The van der Waals surface area contributed by atoms with Gasteiger partial charge in [-0.15, -0.1) is 18.2 Å². The summed E-state index contributed by atoms with van der Waals surface area (Å²) in [6.45, 7) is 0. The van der Waals surface area contributed by atoms with E-state index in [-0.39, 0.29) is 21.1 Å². The van der Waals surface area contributed by atoms with E-state index < -0.39 is 0 Å². The van der Waals surface area contributed by atoms with Gasteiger partial charge in [0.05, 0.1) is 2.74 Å². The van der Waals surface area contributed by atoms with Crippen LogP contribution in [0, 0.1) is 12.1 Å². The smallest absolute Gasteiger partial charge is 0.460 e. The van der Waals surface area contributed by atoms with Crippen LogP contribution in [0.1, 0.15) is 2.74 Å². The first-order valence-electron chi connectivity index (χ1n) is 11.2. The number of pyridine rings is 2. The molecule has 6 rings (SSSR count). The molecule has 0 fully saturated rings. The molecule has 0 saturated heterocycles. The second-order valence-electron chi connectivity index (χ2n) is 7.23. The molecular formula is C28H17N3OPt. The minimum absolute atomic E-state index is 0. The fourth-order valence-corrected chi connectivity index (χ4v) is 3.87. The molecule has 3 heterocycles. The molecule has 3 aromatic heterocycles. The molecule has 0 aliphatic carbocycles. The first kappa shape index (κ1) is 18.8. The molecule has 3 aromatic carbocycles. The summed E-state index contributed by atoms with van der Waals surface area (Å²) in [5.74, 6) is 1.53. The SMILES string of the molecule is [2H]c1ccnc(Oc2[c-]c(-c3[c-]c4c(cc3)c3ccccc3n4-c3cc([2H])ccn3)ccc2)c1.[Pt+2]. The zero-order valence-electron chi connectivity index (χ0n) is 19.2. The number of rotatable bonds is 4. The summed E-state index contributed by atoms with van der Waals surface area (Å²) in [4.78, 5) is 8.68. The second-order valence-corrected chi connectivity index (χ2v) is 7.23. The zero-order valence-corrected chi connectivity index (χ0v) is 19.5. The first-order chi connectivity index (χ1) is 16.7. The Balaban J connectivity index is 0.00000253. The maximum atomic E-state index is 8.06. The van der Waals surface area contributed by atoms with Gasteiger partial charge in [0.25, 0.3) is 0 Å². The molecule has 0 aliphatic rings. The van der Waals surface area contributed by atoms with Crippen molar-refractivity contribution < 1.29 is 28.5 Å². The predicted molar refractivity (Wildman–Crippen MR) is 126 cm³/mol. The molecule has 33 heavy (non-hydrogen) atoms. The van der Waals surface area contributed by atoms with Crippen molar-refractivity contribution in [3.8, 4) is 28.6 Å². The summed E-state index contributed by atoms with van der Waals surface area (Å²) in [5.41, 5.74) is 3.55. The van der Waals surface area contributed by atoms with E-state index in [0.717, 1.165) is 32.9 Å². The summed E-state index contributed by atoms with van der Waals surface area (Å²) in [5, 5.41) is 2.15. The Kier molecular flexibility index (Phi) is 5.13. The van der Waals surface area contributed by atoms with E-state index in [2.05, 4.69) is 40.3 Å². The number of nitrogens with zero attached hydrogens (tertiary/aromatic N) is 3. The van der Waals surface area contributed by atoms with Gasteiger partial charge in [-0.05, 0) is 35.2 Å². The van der Waals surface area contributed by atoms with Gasteiger partial charge in [-0.3, -0.25) is 0 Å². The van der Waals surface area contributed by atoms with Gasteiger partial charge in [-0.25, -0.2) is 21.1 Å². The average Bonchev–Trinajstić information content (AvgIpc) is 3.18. The quantitative estimate of drug-likeness (QED) is 0.211. The Morgan fingerprint density at radius 3 is 2.42 bits per heavy atom. The van der Waals surface area contributed by atoms with E-state index in [0.29, 0.717) is 29.5 Å². The summed E-state index contributed by atoms with van der Waals surface area (Å²) in [6.07, 6.45) is 3.19. The van der Waals surface area contributed by atoms with Crippen LogP contribution in [-0.4, -0.2) is 14.5 Å². The number of hydrogen-bond acceptors (Lipinski definition) is 3. The van der Waals surface area contributed by atoms with Gasteiger partial charge in [-0.2, -0.15) is 24.3 Å². The number of para-hydroxylation sites is 1. The Morgan fingerprint density at radius 1 is 0.727 bits per heavy atom. The molecule has 0 unspecified atom stereocenters. The number of fused-ring (bicyclic) bond motifs is 3. The van der Waals surface area contributed by atoms with Gasteiger partial charge < -0.3 is 9.30 Å². The monoisotopic (exact) mass is 608 g/mol. The third-order valence-electron chi connectivity index (χ3n) is 5.26. The van der Waals surface area contributed by atoms with Crippen LogP contribution in [0.2, 0.25) is 0 Å². The largest absolute Gasteiger partial charge is 2.00 e. The van der Waals surface area contributed by atoms with Crippen molar-refractivity contribution in [2.45, 2.75) is 0 Å². The van der Waals surface area contributed by atoms with Crippen molar-refractivity contribution in [3.63, 3.8) is 0 Å². The molecule has 0 aliphatic heterocycles. The zero-order chi connectivity index (χ0) is 23.1. The fraction of sp³-hybridized carbons (Fsp3) is 0. The van der Waals surface area contributed by atoms with Crippen molar-refractivity contribution in [3.05, 3.63) is 115 Å². The van der Waals surface area contributed by atoms with E-state index in [1.807, 2.05) is 34.9 Å². The fourth-order valence-electron chi connectivity index (χ4n) is 3.87. The van der Waals surface area contributed by atoms with Crippen molar-refractivity contribution in [2.75, 3.05) is 0 Å². The Morgan fingerprint density at radius 2 is 1.55 bits per heavy atom.